The molecule has 3 aromatic rings. The summed E-state index contributed by atoms with van der Waals surface area (Å²) in [5.74, 6) is 0. The first kappa shape index (κ1) is 18.5. The number of hydrogen-bond donors (Lipinski definition) is 1. The van der Waals surface area contributed by atoms with Crippen LogP contribution in [0.2, 0.25) is 0 Å². The Kier molecular flexibility index (Phi) is 5.08. The van der Waals surface area contributed by atoms with Crippen LogP contribution in [0.1, 0.15) is 54.6 Å². The predicted molar refractivity (Wildman–Crippen MR) is 112 cm³/mol. The van der Waals surface area contributed by atoms with E-state index in [0.29, 0.717) is 6.04 Å². The third-order valence-corrected chi connectivity index (χ3v) is 5.71. The van der Waals surface area contributed by atoms with Gasteiger partial charge in [0.15, 0.2) is 0 Å². The number of benzene rings is 1. The lowest BCUT2D eigenvalue weighted by Gasteiger charge is -2.18. The maximum absolute atomic E-state index is 4.86. The summed E-state index contributed by atoms with van der Waals surface area (Å²) in [5, 5.41) is 8.60. The van der Waals surface area contributed by atoms with Gasteiger partial charge in [-0.1, -0.05) is 26.0 Å². The van der Waals surface area contributed by atoms with Gasteiger partial charge in [0.05, 0.1) is 22.6 Å². The van der Waals surface area contributed by atoms with E-state index in [1.807, 2.05) is 0 Å². The molecule has 0 bridgehead atoms. The number of hydrogen-bond acceptors (Lipinski definition) is 2. The third-order valence-electron chi connectivity index (χ3n) is 5.71. The Balaban J connectivity index is 2.24. The number of nitrogens with one attached hydrogen (secondary N) is 1. The van der Waals surface area contributed by atoms with Gasteiger partial charge in [-0.25, -0.2) is 4.52 Å². The Bertz CT molecular complexity index is 946. The molecular formula is C23H31N3. The monoisotopic (exact) mass is 349 g/mol. The van der Waals surface area contributed by atoms with Crippen LogP contribution in [-0.4, -0.2) is 15.7 Å². The first-order valence-corrected chi connectivity index (χ1v) is 9.71. The van der Waals surface area contributed by atoms with Crippen LogP contribution in [0, 0.1) is 34.6 Å². The van der Waals surface area contributed by atoms with Gasteiger partial charge in [-0.2, -0.15) is 5.10 Å². The molecule has 0 spiro atoms. The molecule has 2 aromatic heterocycles. The van der Waals surface area contributed by atoms with E-state index in [0.717, 1.165) is 18.5 Å². The summed E-state index contributed by atoms with van der Waals surface area (Å²) < 4.78 is 2.13. The van der Waals surface area contributed by atoms with Crippen LogP contribution in [0.25, 0.3) is 16.8 Å². The van der Waals surface area contributed by atoms with Crippen molar-refractivity contribution in [2.24, 2.45) is 0 Å². The number of fused-ring (bicyclic) bond motifs is 1. The highest BCUT2D eigenvalue weighted by atomic mass is 15.2. The van der Waals surface area contributed by atoms with Gasteiger partial charge in [0.2, 0.25) is 0 Å². The molecule has 1 N–H and O–H groups in total. The zero-order valence-corrected chi connectivity index (χ0v) is 17.2. The molecular weight excluding hydrogens is 318 g/mol. The molecule has 0 aliphatic rings. The maximum atomic E-state index is 4.86. The Morgan fingerprint density at radius 2 is 1.62 bits per heavy atom. The Hall–Kier alpha value is -2.29. The van der Waals surface area contributed by atoms with Gasteiger partial charge >= 0.3 is 0 Å². The first-order chi connectivity index (χ1) is 12.4. The summed E-state index contributed by atoms with van der Waals surface area (Å²) in [6.45, 7) is 15.3. The minimum atomic E-state index is 0.488. The highest BCUT2D eigenvalue weighted by Gasteiger charge is 2.17. The van der Waals surface area contributed by atoms with Crippen LogP contribution in [-0.2, 0) is 0 Å². The minimum Gasteiger partial charge on any atom is -0.381 e. The van der Waals surface area contributed by atoms with E-state index in [2.05, 4.69) is 82.6 Å². The van der Waals surface area contributed by atoms with Crippen molar-refractivity contribution in [1.82, 2.24) is 9.61 Å². The fourth-order valence-electron chi connectivity index (χ4n) is 3.76. The summed E-state index contributed by atoms with van der Waals surface area (Å²) in [6.07, 6.45) is 2.24. The fourth-order valence-corrected chi connectivity index (χ4v) is 3.76. The summed E-state index contributed by atoms with van der Waals surface area (Å²) in [5.41, 5.74) is 11.1. The van der Waals surface area contributed by atoms with Crippen LogP contribution in [0.3, 0.4) is 0 Å². The van der Waals surface area contributed by atoms with Crippen molar-refractivity contribution in [3.63, 3.8) is 0 Å². The summed E-state index contributed by atoms with van der Waals surface area (Å²) in [7, 11) is 0. The molecule has 0 saturated heterocycles. The zero-order valence-electron chi connectivity index (χ0n) is 17.2. The Morgan fingerprint density at radius 1 is 0.923 bits per heavy atom. The lowest BCUT2D eigenvalue weighted by molar-refractivity contribution is 0.671. The average molecular weight is 350 g/mol. The smallest absolute Gasteiger partial charge is 0.0914 e. The lowest BCUT2D eigenvalue weighted by Crippen LogP contribution is -2.18. The average Bonchev–Trinajstić information content (AvgIpc) is 2.94. The molecule has 0 aliphatic carbocycles. The molecule has 26 heavy (non-hydrogen) atoms. The van der Waals surface area contributed by atoms with Crippen molar-refractivity contribution < 1.29 is 0 Å². The molecule has 3 nitrogen and oxygen atoms in total. The first-order valence-electron chi connectivity index (χ1n) is 9.71. The minimum absolute atomic E-state index is 0.488. The standard InChI is InChI=1S/C23H31N3/c1-8-19(9-2)24-21-13-16(5)25-26-22(12-15(4)23(21)26)20-11-10-14(3)17(6)18(20)7/h10-13,19,24H,8-9H2,1-7H3. The predicted octanol–water partition coefficient (Wildman–Crippen LogP) is 6.14. The van der Waals surface area contributed by atoms with E-state index in [-0.39, 0.29) is 0 Å². The Labute approximate surface area is 157 Å². The number of rotatable bonds is 5. The third kappa shape index (κ3) is 3.11. The van der Waals surface area contributed by atoms with Gasteiger partial charge in [-0.05, 0) is 81.8 Å². The molecule has 0 atom stereocenters. The highest BCUT2D eigenvalue weighted by Crippen LogP contribution is 2.33. The molecule has 1 aromatic carbocycles. The van der Waals surface area contributed by atoms with E-state index in [1.54, 1.807) is 0 Å². The normalized spacial score (nSPS) is 11.5. The van der Waals surface area contributed by atoms with Gasteiger partial charge in [0.1, 0.15) is 0 Å². The van der Waals surface area contributed by atoms with Crippen molar-refractivity contribution in [2.75, 3.05) is 5.32 Å². The molecule has 0 aliphatic heterocycles. The molecule has 2 heterocycles. The fraction of sp³-hybridized carbons (Fsp3) is 0.435. The van der Waals surface area contributed by atoms with Crippen molar-refractivity contribution in [2.45, 2.75) is 67.3 Å². The molecule has 0 amide bonds. The second-order valence-corrected chi connectivity index (χ2v) is 7.51. The van der Waals surface area contributed by atoms with Crippen LogP contribution < -0.4 is 5.32 Å². The number of aryl methyl sites for hydroxylation is 3. The number of aromatic nitrogens is 2. The Morgan fingerprint density at radius 3 is 2.27 bits per heavy atom. The second kappa shape index (κ2) is 7.14. The van der Waals surface area contributed by atoms with Gasteiger partial charge in [-0.3, -0.25) is 0 Å². The number of nitrogens with zero attached hydrogens (tertiary/aromatic N) is 2. The summed E-state index contributed by atoms with van der Waals surface area (Å²) in [4.78, 5) is 0. The van der Waals surface area contributed by atoms with Gasteiger partial charge in [-0.15, -0.1) is 0 Å². The molecule has 0 unspecified atom stereocenters. The maximum Gasteiger partial charge on any atom is 0.0914 e. The van der Waals surface area contributed by atoms with Crippen LogP contribution in [0.5, 0.6) is 0 Å². The van der Waals surface area contributed by atoms with Crippen molar-refractivity contribution >= 4 is 11.2 Å². The van der Waals surface area contributed by atoms with Crippen molar-refractivity contribution in [3.8, 4) is 11.3 Å². The van der Waals surface area contributed by atoms with E-state index in [4.69, 9.17) is 5.10 Å². The van der Waals surface area contributed by atoms with Gasteiger partial charge in [0.25, 0.3) is 0 Å². The summed E-state index contributed by atoms with van der Waals surface area (Å²) >= 11 is 0. The van der Waals surface area contributed by atoms with E-state index in [1.165, 1.54) is 44.7 Å². The van der Waals surface area contributed by atoms with Crippen LogP contribution >= 0.6 is 0 Å². The van der Waals surface area contributed by atoms with Crippen molar-refractivity contribution in [3.05, 3.63) is 52.2 Å². The van der Waals surface area contributed by atoms with E-state index < -0.39 is 0 Å². The summed E-state index contributed by atoms with van der Waals surface area (Å²) in [6, 6.07) is 9.39. The molecule has 3 rings (SSSR count). The van der Waals surface area contributed by atoms with E-state index in [9.17, 15) is 0 Å². The SMILES string of the molecule is CCC(CC)Nc1cc(C)nn2c(-c3ccc(C)c(C)c3C)cc(C)c12. The second-order valence-electron chi connectivity index (χ2n) is 7.51. The molecule has 3 heteroatoms. The number of anilines is 1. The molecule has 0 saturated carbocycles. The molecule has 0 fully saturated rings. The van der Waals surface area contributed by atoms with Crippen LogP contribution in [0.4, 0.5) is 5.69 Å². The van der Waals surface area contributed by atoms with Crippen molar-refractivity contribution in [1.29, 1.82) is 0 Å². The zero-order chi connectivity index (χ0) is 19.0. The molecule has 0 radical (unpaired) electrons. The van der Waals surface area contributed by atoms with Crippen LogP contribution in [0.15, 0.2) is 24.3 Å². The highest BCUT2D eigenvalue weighted by molar-refractivity contribution is 5.82. The van der Waals surface area contributed by atoms with E-state index >= 15 is 0 Å². The largest absolute Gasteiger partial charge is 0.381 e. The lowest BCUT2D eigenvalue weighted by atomic mass is 9.97. The topological polar surface area (TPSA) is 29.3 Å². The molecule has 138 valence electrons. The quantitative estimate of drug-likeness (QED) is 0.599. The van der Waals surface area contributed by atoms with Gasteiger partial charge in [0, 0.05) is 11.6 Å². The van der Waals surface area contributed by atoms with Gasteiger partial charge < -0.3 is 5.32 Å².